The summed E-state index contributed by atoms with van der Waals surface area (Å²) in [5, 5.41) is 0. The van der Waals surface area contributed by atoms with Gasteiger partial charge < -0.3 is 0 Å². The van der Waals surface area contributed by atoms with Crippen LogP contribution in [-0.4, -0.2) is 0 Å². The Labute approximate surface area is 89.6 Å². The van der Waals surface area contributed by atoms with Crippen molar-refractivity contribution in [3.8, 4) is 0 Å². The molecule has 3 heteroatoms. The Hall–Kier alpha value is -0.930. The maximum Gasteiger partial charge on any atom is 0.128 e. The van der Waals surface area contributed by atoms with Gasteiger partial charge in [-0.25, -0.2) is 4.39 Å². The smallest absolute Gasteiger partial charge is 0.128 e. The third kappa shape index (κ3) is 2.19. The predicted molar refractivity (Wildman–Crippen MR) is 58.4 cm³/mol. The molecule has 2 atom stereocenters. The number of nitrogens with two attached hydrogens (primary N) is 1. The second-order valence-corrected chi connectivity index (χ2v) is 4.36. The number of nitrogens with one attached hydrogen (secondary N) is 1. The van der Waals surface area contributed by atoms with Crippen LogP contribution in [0.1, 0.15) is 31.4 Å². The lowest BCUT2D eigenvalue weighted by Crippen LogP contribution is -2.34. The molecular weight excluding hydrogens is 191 g/mol. The van der Waals surface area contributed by atoms with E-state index in [1.807, 2.05) is 6.07 Å². The third-order valence-corrected chi connectivity index (χ3v) is 3.31. The van der Waals surface area contributed by atoms with Gasteiger partial charge in [0.25, 0.3) is 0 Å². The van der Waals surface area contributed by atoms with Gasteiger partial charge in [-0.15, -0.1) is 0 Å². The molecular formula is C12H17FN2. The summed E-state index contributed by atoms with van der Waals surface area (Å²) in [7, 11) is 0. The van der Waals surface area contributed by atoms with Crippen LogP contribution in [0.3, 0.4) is 0 Å². The minimum Gasteiger partial charge on any atom is -0.271 e. The fourth-order valence-electron chi connectivity index (χ4n) is 2.15. The Morgan fingerprint density at radius 1 is 1.40 bits per heavy atom. The zero-order chi connectivity index (χ0) is 10.8. The second-order valence-electron chi connectivity index (χ2n) is 4.36. The molecule has 1 aromatic carbocycles. The fourth-order valence-corrected chi connectivity index (χ4v) is 2.15. The Balaban J connectivity index is 2.21. The van der Waals surface area contributed by atoms with Crippen molar-refractivity contribution in [1.82, 2.24) is 5.43 Å². The van der Waals surface area contributed by atoms with Crippen LogP contribution in [0.15, 0.2) is 24.3 Å². The molecule has 0 heterocycles. The van der Waals surface area contributed by atoms with E-state index in [-0.39, 0.29) is 11.9 Å². The van der Waals surface area contributed by atoms with Crippen molar-refractivity contribution in [2.24, 2.45) is 17.7 Å². The summed E-state index contributed by atoms with van der Waals surface area (Å²) in [6.45, 7) is 2.13. The maximum absolute atomic E-state index is 13.6. The molecule has 15 heavy (non-hydrogen) atoms. The van der Waals surface area contributed by atoms with E-state index in [1.54, 1.807) is 12.1 Å². The van der Waals surface area contributed by atoms with Crippen molar-refractivity contribution in [2.75, 3.05) is 0 Å². The highest BCUT2D eigenvalue weighted by molar-refractivity contribution is 5.22. The van der Waals surface area contributed by atoms with Crippen LogP contribution < -0.4 is 11.3 Å². The summed E-state index contributed by atoms with van der Waals surface area (Å²) in [6, 6.07) is 6.77. The first-order valence-corrected chi connectivity index (χ1v) is 5.44. The van der Waals surface area contributed by atoms with E-state index in [0.29, 0.717) is 17.4 Å². The molecule has 1 saturated carbocycles. The number of hydrogen-bond donors (Lipinski definition) is 2. The Kier molecular flexibility index (Phi) is 3.03. The molecule has 1 aromatic rings. The van der Waals surface area contributed by atoms with Gasteiger partial charge >= 0.3 is 0 Å². The lowest BCUT2D eigenvalue weighted by Gasteiger charge is -2.23. The van der Waals surface area contributed by atoms with Crippen LogP contribution in [0.2, 0.25) is 0 Å². The normalized spacial score (nSPS) is 19.9. The average molecular weight is 208 g/mol. The summed E-state index contributed by atoms with van der Waals surface area (Å²) < 4.78 is 13.6. The van der Waals surface area contributed by atoms with Crippen molar-refractivity contribution in [3.63, 3.8) is 0 Å². The molecule has 0 spiro atoms. The van der Waals surface area contributed by atoms with E-state index in [9.17, 15) is 4.39 Å². The molecule has 0 amide bonds. The van der Waals surface area contributed by atoms with E-state index in [2.05, 4.69) is 12.3 Å². The molecule has 82 valence electrons. The zero-order valence-corrected chi connectivity index (χ0v) is 8.91. The molecule has 2 nitrogen and oxygen atoms in total. The van der Waals surface area contributed by atoms with Crippen molar-refractivity contribution in [2.45, 2.75) is 25.8 Å². The Morgan fingerprint density at radius 3 is 2.60 bits per heavy atom. The largest absolute Gasteiger partial charge is 0.271 e. The summed E-state index contributed by atoms with van der Waals surface area (Å²) in [5.74, 6) is 6.45. The van der Waals surface area contributed by atoms with Gasteiger partial charge in [0.05, 0.1) is 6.04 Å². The molecule has 1 fully saturated rings. The van der Waals surface area contributed by atoms with E-state index in [1.165, 1.54) is 18.9 Å². The maximum atomic E-state index is 13.6. The van der Waals surface area contributed by atoms with Gasteiger partial charge in [-0.05, 0) is 30.7 Å². The van der Waals surface area contributed by atoms with Gasteiger partial charge in [0.15, 0.2) is 0 Å². The molecule has 1 aliphatic rings. The molecule has 2 rings (SSSR count). The number of halogens is 1. The van der Waals surface area contributed by atoms with Crippen molar-refractivity contribution in [1.29, 1.82) is 0 Å². The monoisotopic (exact) mass is 208 g/mol. The molecule has 0 saturated heterocycles. The first-order valence-electron chi connectivity index (χ1n) is 5.44. The first-order chi connectivity index (χ1) is 7.24. The molecule has 1 aliphatic carbocycles. The second kappa shape index (κ2) is 4.29. The van der Waals surface area contributed by atoms with Gasteiger partial charge in [-0.2, -0.15) is 0 Å². The quantitative estimate of drug-likeness (QED) is 0.589. The number of hydrazine groups is 1. The topological polar surface area (TPSA) is 38.0 Å². The molecule has 0 radical (unpaired) electrons. The van der Waals surface area contributed by atoms with Gasteiger partial charge in [0.1, 0.15) is 5.82 Å². The SMILES string of the molecule is CC(C1CC1)C(NN)c1ccccc1F. The molecule has 0 bridgehead atoms. The summed E-state index contributed by atoms with van der Waals surface area (Å²) in [5.41, 5.74) is 3.42. The van der Waals surface area contributed by atoms with Crippen molar-refractivity contribution >= 4 is 0 Å². The first kappa shape index (κ1) is 10.6. The van der Waals surface area contributed by atoms with Crippen LogP contribution in [-0.2, 0) is 0 Å². The molecule has 0 aromatic heterocycles. The minimum atomic E-state index is -0.173. The van der Waals surface area contributed by atoms with Crippen LogP contribution in [0.5, 0.6) is 0 Å². The lowest BCUT2D eigenvalue weighted by atomic mass is 9.91. The lowest BCUT2D eigenvalue weighted by molar-refractivity contribution is 0.344. The van der Waals surface area contributed by atoms with E-state index in [4.69, 9.17) is 5.84 Å². The van der Waals surface area contributed by atoms with E-state index < -0.39 is 0 Å². The molecule has 3 N–H and O–H groups in total. The van der Waals surface area contributed by atoms with Crippen LogP contribution in [0, 0.1) is 17.7 Å². The summed E-state index contributed by atoms with van der Waals surface area (Å²) in [6.07, 6.45) is 2.49. The number of hydrogen-bond acceptors (Lipinski definition) is 2. The van der Waals surface area contributed by atoms with Crippen LogP contribution >= 0.6 is 0 Å². The van der Waals surface area contributed by atoms with Gasteiger partial charge in [0.2, 0.25) is 0 Å². The Bertz CT molecular complexity index is 336. The molecule has 2 unspecified atom stereocenters. The van der Waals surface area contributed by atoms with Crippen LogP contribution in [0.25, 0.3) is 0 Å². The van der Waals surface area contributed by atoms with E-state index in [0.717, 1.165) is 0 Å². The standard InChI is InChI=1S/C12H17FN2/c1-8(9-6-7-9)12(15-14)10-4-2-3-5-11(10)13/h2-5,8-9,12,15H,6-7,14H2,1H3. The van der Waals surface area contributed by atoms with Crippen molar-refractivity contribution < 1.29 is 4.39 Å². The fraction of sp³-hybridized carbons (Fsp3) is 0.500. The Morgan fingerprint density at radius 2 is 2.07 bits per heavy atom. The number of benzene rings is 1. The highest BCUT2D eigenvalue weighted by Gasteiger charge is 2.34. The third-order valence-electron chi connectivity index (χ3n) is 3.31. The predicted octanol–water partition coefficient (Wildman–Crippen LogP) is 2.38. The zero-order valence-electron chi connectivity index (χ0n) is 8.91. The van der Waals surface area contributed by atoms with Gasteiger partial charge in [-0.1, -0.05) is 25.1 Å². The van der Waals surface area contributed by atoms with Crippen LogP contribution in [0.4, 0.5) is 4.39 Å². The average Bonchev–Trinajstić information content (AvgIpc) is 3.05. The summed E-state index contributed by atoms with van der Waals surface area (Å²) >= 11 is 0. The summed E-state index contributed by atoms with van der Waals surface area (Å²) in [4.78, 5) is 0. The van der Waals surface area contributed by atoms with E-state index >= 15 is 0 Å². The minimum absolute atomic E-state index is 0.0706. The van der Waals surface area contributed by atoms with Gasteiger partial charge in [0, 0.05) is 5.56 Å². The number of rotatable bonds is 4. The molecule has 0 aliphatic heterocycles. The highest BCUT2D eigenvalue weighted by Crippen LogP contribution is 2.42. The van der Waals surface area contributed by atoms with Crippen molar-refractivity contribution in [3.05, 3.63) is 35.6 Å². The highest BCUT2D eigenvalue weighted by atomic mass is 19.1. The van der Waals surface area contributed by atoms with Gasteiger partial charge in [-0.3, -0.25) is 11.3 Å².